The minimum Gasteiger partial charge on any atom is -0.399 e. The average Bonchev–Trinajstić information content (AvgIpc) is 2.67. The third kappa shape index (κ3) is 2.37. The number of hydrogen-bond donors (Lipinski definition) is 1. The van der Waals surface area contributed by atoms with E-state index in [0.717, 1.165) is 6.54 Å². The predicted molar refractivity (Wildman–Crippen MR) is 93.3 cm³/mol. The van der Waals surface area contributed by atoms with Crippen LogP contribution >= 0.6 is 0 Å². The van der Waals surface area contributed by atoms with Crippen LogP contribution in [-0.2, 0) is 0 Å². The molecular weight excluding hydrogens is 329 g/mol. The lowest BCUT2D eigenvalue weighted by Crippen LogP contribution is -2.48. The minimum atomic E-state index is -1.79. The molecule has 5 nitrogen and oxygen atoms in total. The number of rotatable bonds is 2. The topological polar surface area (TPSA) is 101 Å². The molecule has 0 unspecified atom stereocenters. The molecule has 0 aromatic heterocycles. The SMILES string of the molecule is CCN1CC=C2C(C#N)=C(N)C(C#N)(C#N)[C@@H](c3ccccc3F)[C@@H]2C1. The van der Waals surface area contributed by atoms with E-state index in [4.69, 9.17) is 5.73 Å². The zero-order valence-electron chi connectivity index (χ0n) is 14.4. The van der Waals surface area contributed by atoms with Crippen molar-refractivity contribution in [2.45, 2.75) is 12.8 Å². The van der Waals surface area contributed by atoms with E-state index in [1.807, 2.05) is 25.1 Å². The number of allylic oxidation sites excluding steroid dienone is 2. The Labute approximate surface area is 152 Å². The Hall–Kier alpha value is -3.14. The third-order valence-electron chi connectivity index (χ3n) is 5.43. The van der Waals surface area contributed by atoms with Crippen LogP contribution in [0.5, 0.6) is 0 Å². The monoisotopic (exact) mass is 347 g/mol. The number of nitrogens with zero attached hydrogens (tertiary/aromatic N) is 4. The maximum atomic E-state index is 14.7. The standard InChI is InChI=1S/C20H18FN5/c1-2-26-8-7-13-15(9-22)19(25)20(11-23,12-24)18(16(13)10-26)14-5-3-4-6-17(14)21/h3-7,16,18H,2,8,10,25H2,1H3/t16-,18+/m1/s1. The van der Waals surface area contributed by atoms with Crippen molar-refractivity contribution in [3.05, 3.63) is 58.6 Å². The van der Waals surface area contributed by atoms with Crippen molar-refractivity contribution in [3.8, 4) is 18.2 Å². The fourth-order valence-corrected chi connectivity index (χ4v) is 4.07. The van der Waals surface area contributed by atoms with E-state index in [9.17, 15) is 20.2 Å². The summed E-state index contributed by atoms with van der Waals surface area (Å²) in [6, 6.07) is 12.3. The van der Waals surface area contributed by atoms with Gasteiger partial charge in [0.05, 0.1) is 23.4 Å². The molecule has 3 rings (SSSR count). The predicted octanol–water partition coefficient (Wildman–Crippen LogP) is 2.57. The largest absolute Gasteiger partial charge is 0.399 e. The summed E-state index contributed by atoms with van der Waals surface area (Å²) in [5, 5.41) is 29.4. The number of halogens is 1. The molecule has 26 heavy (non-hydrogen) atoms. The van der Waals surface area contributed by atoms with E-state index in [1.54, 1.807) is 18.2 Å². The van der Waals surface area contributed by atoms with Crippen LogP contribution in [0.2, 0.25) is 0 Å². The van der Waals surface area contributed by atoms with Gasteiger partial charge in [0.1, 0.15) is 11.9 Å². The second kappa shape index (κ2) is 6.64. The van der Waals surface area contributed by atoms with Gasteiger partial charge in [-0.25, -0.2) is 4.39 Å². The van der Waals surface area contributed by atoms with Crippen LogP contribution < -0.4 is 5.73 Å². The van der Waals surface area contributed by atoms with Gasteiger partial charge in [-0.1, -0.05) is 31.2 Å². The molecule has 0 amide bonds. The number of likely N-dealkylation sites (N-methyl/N-ethyl adjacent to an activating group) is 1. The van der Waals surface area contributed by atoms with Crippen LogP contribution in [-0.4, -0.2) is 24.5 Å². The van der Waals surface area contributed by atoms with Gasteiger partial charge in [0.25, 0.3) is 0 Å². The number of fused-ring (bicyclic) bond motifs is 1. The van der Waals surface area contributed by atoms with Crippen molar-refractivity contribution in [1.29, 1.82) is 15.8 Å². The van der Waals surface area contributed by atoms with Crippen molar-refractivity contribution in [1.82, 2.24) is 4.90 Å². The fraction of sp³-hybridized carbons (Fsp3) is 0.350. The molecule has 0 saturated carbocycles. The van der Waals surface area contributed by atoms with Crippen LogP contribution in [0.25, 0.3) is 0 Å². The van der Waals surface area contributed by atoms with Gasteiger partial charge in [-0.2, -0.15) is 15.8 Å². The van der Waals surface area contributed by atoms with E-state index in [1.165, 1.54) is 6.07 Å². The van der Waals surface area contributed by atoms with E-state index >= 15 is 0 Å². The summed E-state index contributed by atoms with van der Waals surface area (Å²) in [4.78, 5) is 2.14. The Morgan fingerprint density at radius 2 is 1.96 bits per heavy atom. The number of nitriles is 3. The number of nitrogens with two attached hydrogens (primary N) is 1. The van der Waals surface area contributed by atoms with Crippen LogP contribution in [0, 0.1) is 51.1 Å². The summed E-state index contributed by atoms with van der Waals surface area (Å²) in [7, 11) is 0. The third-order valence-corrected chi connectivity index (χ3v) is 5.43. The van der Waals surface area contributed by atoms with Crippen molar-refractivity contribution in [3.63, 3.8) is 0 Å². The van der Waals surface area contributed by atoms with Crippen LogP contribution in [0.3, 0.4) is 0 Å². The maximum absolute atomic E-state index is 14.7. The molecule has 6 heteroatoms. The Morgan fingerprint density at radius 1 is 1.27 bits per heavy atom. The van der Waals surface area contributed by atoms with Gasteiger partial charge in [-0.05, 0) is 23.7 Å². The molecule has 1 aromatic carbocycles. The first kappa shape index (κ1) is 17.7. The van der Waals surface area contributed by atoms with Gasteiger partial charge >= 0.3 is 0 Å². The Balaban J connectivity index is 2.34. The lowest BCUT2D eigenvalue weighted by molar-refractivity contribution is 0.212. The summed E-state index contributed by atoms with van der Waals surface area (Å²) in [6.45, 7) is 3.97. The van der Waals surface area contributed by atoms with Gasteiger partial charge in [0, 0.05) is 24.9 Å². The van der Waals surface area contributed by atoms with Crippen LogP contribution in [0.1, 0.15) is 18.4 Å². The quantitative estimate of drug-likeness (QED) is 0.886. The zero-order chi connectivity index (χ0) is 18.9. The molecule has 1 aromatic rings. The van der Waals surface area contributed by atoms with E-state index in [2.05, 4.69) is 11.0 Å². The molecule has 1 heterocycles. The first-order valence-corrected chi connectivity index (χ1v) is 8.44. The highest BCUT2D eigenvalue weighted by molar-refractivity contribution is 5.59. The summed E-state index contributed by atoms with van der Waals surface area (Å²) in [6.07, 6.45) is 1.91. The van der Waals surface area contributed by atoms with Crippen molar-refractivity contribution < 1.29 is 4.39 Å². The first-order chi connectivity index (χ1) is 12.5. The maximum Gasteiger partial charge on any atom is 0.191 e. The molecule has 0 saturated heterocycles. The number of benzene rings is 1. The smallest absolute Gasteiger partial charge is 0.191 e. The summed E-state index contributed by atoms with van der Waals surface area (Å²) in [5.41, 5.74) is 5.49. The minimum absolute atomic E-state index is 0.0781. The highest BCUT2D eigenvalue weighted by Gasteiger charge is 2.55. The molecule has 2 aliphatic rings. The first-order valence-electron chi connectivity index (χ1n) is 8.44. The molecule has 0 radical (unpaired) electrons. The summed E-state index contributed by atoms with van der Waals surface area (Å²) < 4.78 is 14.7. The molecule has 0 spiro atoms. The molecule has 2 atom stereocenters. The van der Waals surface area contributed by atoms with Crippen LogP contribution in [0.15, 0.2) is 47.2 Å². The average molecular weight is 347 g/mol. The lowest BCUT2D eigenvalue weighted by Gasteiger charge is -2.45. The highest BCUT2D eigenvalue weighted by Crippen LogP contribution is 2.54. The van der Waals surface area contributed by atoms with Crippen molar-refractivity contribution >= 4 is 0 Å². The Kier molecular flexibility index (Phi) is 4.51. The second-order valence-corrected chi connectivity index (χ2v) is 6.55. The van der Waals surface area contributed by atoms with E-state index in [0.29, 0.717) is 18.7 Å². The fourth-order valence-electron chi connectivity index (χ4n) is 4.07. The second-order valence-electron chi connectivity index (χ2n) is 6.55. The van der Waals surface area contributed by atoms with Crippen molar-refractivity contribution in [2.75, 3.05) is 19.6 Å². The van der Waals surface area contributed by atoms with Crippen LogP contribution in [0.4, 0.5) is 4.39 Å². The van der Waals surface area contributed by atoms with Gasteiger partial charge in [-0.3, -0.25) is 4.90 Å². The Bertz CT molecular complexity index is 911. The highest BCUT2D eigenvalue weighted by atomic mass is 19.1. The van der Waals surface area contributed by atoms with Crippen molar-refractivity contribution in [2.24, 2.45) is 17.1 Å². The van der Waals surface area contributed by atoms with Gasteiger partial charge < -0.3 is 5.73 Å². The molecule has 2 N–H and O–H groups in total. The summed E-state index contributed by atoms with van der Waals surface area (Å²) in [5.74, 6) is -1.62. The molecule has 130 valence electrons. The molecule has 0 fully saturated rings. The van der Waals surface area contributed by atoms with E-state index < -0.39 is 17.2 Å². The van der Waals surface area contributed by atoms with Gasteiger partial charge in [0.15, 0.2) is 5.41 Å². The normalized spacial score (nSPS) is 24.7. The summed E-state index contributed by atoms with van der Waals surface area (Å²) >= 11 is 0. The molecule has 1 aliphatic carbocycles. The molecule has 0 bridgehead atoms. The van der Waals surface area contributed by atoms with Gasteiger partial charge in [0.2, 0.25) is 0 Å². The molecular formula is C20H18FN5. The lowest BCUT2D eigenvalue weighted by atomic mass is 9.58. The number of hydrogen-bond acceptors (Lipinski definition) is 5. The van der Waals surface area contributed by atoms with Gasteiger partial charge in [-0.15, -0.1) is 0 Å². The zero-order valence-corrected chi connectivity index (χ0v) is 14.4. The van der Waals surface area contributed by atoms with E-state index in [-0.39, 0.29) is 22.8 Å². The molecule has 1 aliphatic heterocycles. The Morgan fingerprint density at radius 3 is 2.54 bits per heavy atom.